The predicted molar refractivity (Wildman–Crippen MR) is 81.7 cm³/mol. The monoisotopic (exact) mass is 301 g/mol. The first-order chi connectivity index (χ1) is 10.8. The fraction of sp³-hybridized carbons (Fsp3) is 0.471. The molecule has 2 aliphatic rings. The summed E-state index contributed by atoms with van der Waals surface area (Å²) in [6, 6.07) is 7.56. The topological polar surface area (TPSA) is 41.3 Å². The molecule has 2 atom stereocenters. The summed E-state index contributed by atoms with van der Waals surface area (Å²) < 4.78 is 18.5. The van der Waals surface area contributed by atoms with Crippen molar-refractivity contribution in [3.63, 3.8) is 0 Å². The van der Waals surface area contributed by atoms with E-state index in [2.05, 4.69) is 15.2 Å². The summed E-state index contributed by atoms with van der Waals surface area (Å²) in [5.41, 5.74) is 1.75. The van der Waals surface area contributed by atoms with E-state index in [1.54, 1.807) is 18.4 Å². The first kappa shape index (κ1) is 13.9. The van der Waals surface area contributed by atoms with Gasteiger partial charge in [-0.05, 0) is 43.5 Å². The molecule has 3 heterocycles. The van der Waals surface area contributed by atoms with Gasteiger partial charge in [-0.25, -0.2) is 9.37 Å². The molecule has 0 radical (unpaired) electrons. The maximum atomic E-state index is 13.0. The molecule has 1 aromatic heterocycles. The van der Waals surface area contributed by atoms with E-state index < -0.39 is 0 Å². The number of nitrogens with zero attached hydrogens (tertiary/aromatic N) is 2. The molecule has 2 unspecified atom stereocenters. The van der Waals surface area contributed by atoms with Gasteiger partial charge in [0.1, 0.15) is 12.1 Å². The van der Waals surface area contributed by atoms with E-state index >= 15 is 0 Å². The molecular formula is C17H20FN3O. The van der Waals surface area contributed by atoms with Gasteiger partial charge in [0.05, 0.1) is 5.69 Å². The van der Waals surface area contributed by atoms with Crippen LogP contribution in [-0.2, 0) is 6.54 Å². The van der Waals surface area contributed by atoms with Crippen molar-refractivity contribution in [1.82, 2.24) is 15.2 Å². The van der Waals surface area contributed by atoms with Crippen molar-refractivity contribution >= 4 is 0 Å². The largest absolute Gasteiger partial charge is 0.444 e. The van der Waals surface area contributed by atoms with Gasteiger partial charge in [0.2, 0.25) is 5.89 Å². The van der Waals surface area contributed by atoms with Gasteiger partial charge in [0.15, 0.2) is 0 Å². The average molecular weight is 301 g/mol. The molecular weight excluding hydrogens is 281 g/mol. The zero-order valence-corrected chi connectivity index (χ0v) is 12.5. The highest BCUT2D eigenvalue weighted by molar-refractivity contribution is 5.52. The molecule has 2 aliphatic heterocycles. The van der Waals surface area contributed by atoms with Crippen LogP contribution in [0.25, 0.3) is 11.5 Å². The highest BCUT2D eigenvalue weighted by Crippen LogP contribution is 2.23. The normalized spacial score (nSPS) is 25.3. The second kappa shape index (κ2) is 5.82. The summed E-state index contributed by atoms with van der Waals surface area (Å²) in [6.45, 7) is 3.00. The standard InChI is InChI=1S/C17H20FN3O/c18-13-3-1-12(2-4-13)17-20-16(11-22-17)10-21-8-7-14-5-6-15(9-21)19-14/h1-4,11,14-15,19H,5-10H2. The van der Waals surface area contributed by atoms with E-state index in [-0.39, 0.29) is 5.82 Å². The van der Waals surface area contributed by atoms with E-state index in [0.717, 1.165) is 30.9 Å². The Morgan fingerprint density at radius 1 is 1.18 bits per heavy atom. The molecule has 4 rings (SSSR count). The molecule has 2 fully saturated rings. The molecule has 0 spiro atoms. The van der Waals surface area contributed by atoms with Gasteiger partial charge in [0.25, 0.3) is 0 Å². The van der Waals surface area contributed by atoms with Gasteiger partial charge in [-0.2, -0.15) is 0 Å². The molecule has 2 aromatic rings. The SMILES string of the molecule is Fc1ccc(-c2nc(CN3CCC4CCC(C3)N4)co2)cc1. The van der Waals surface area contributed by atoms with E-state index in [1.807, 2.05) is 0 Å². The Morgan fingerprint density at radius 3 is 2.86 bits per heavy atom. The fourth-order valence-electron chi connectivity index (χ4n) is 3.49. The van der Waals surface area contributed by atoms with Crippen LogP contribution in [0.1, 0.15) is 25.0 Å². The number of hydrogen-bond donors (Lipinski definition) is 1. The average Bonchev–Trinajstić information content (AvgIpc) is 3.09. The van der Waals surface area contributed by atoms with Crippen molar-refractivity contribution in [2.75, 3.05) is 13.1 Å². The third-order valence-electron chi connectivity index (χ3n) is 4.64. The number of nitrogens with one attached hydrogen (secondary N) is 1. The number of likely N-dealkylation sites (tertiary alicyclic amines) is 1. The lowest BCUT2D eigenvalue weighted by molar-refractivity contribution is 0.248. The van der Waals surface area contributed by atoms with Crippen LogP contribution in [0.4, 0.5) is 4.39 Å². The maximum absolute atomic E-state index is 13.0. The van der Waals surface area contributed by atoms with E-state index in [4.69, 9.17) is 4.42 Å². The van der Waals surface area contributed by atoms with Gasteiger partial charge < -0.3 is 9.73 Å². The number of halogens is 1. The zero-order chi connectivity index (χ0) is 14.9. The highest BCUT2D eigenvalue weighted by Gasteiger charge is 2.29. The smallest absolute Gasteiger partial charge is 0.226 e. The fourth-order valence-corrected chi connectivity index (χ4v) is 3.49. The van der Waals surface area contributed by atoms with Crippen LogP contribution in [0.2, 0.25) is 0 Å². The molecule has 1 aromatic carbocycles. The van der Waals surface area contributed by atoms with Crippen molar-refractivity contribution in [2.45, 2.75) is 37.9 Å². The first-order valence-corrected chi connectivity index (χ1v) is 7.95. The summed E-state index contributed by atoms with van der Waals surface area (Å²) in [6.07, 6.45) is 5.52. The number of aromatic nitrogens is 1. The van der Waals surface area contributed by atoms with Gasteiger partial charge in [-0.15, -0.1) is 0 Å². The van der Waals surface area contributed by atoms with Crippen LogP contribution < -0.4 is 5.32 Å². The number of rotatable bonds is 3. The molecule has 22 heavy (non-hydrogen) atoms. The number of oxazole rings is 1. The lowest BCUT2D eigenvalue weighted by Crippen LogP contribution is -2.35. The molecule has 4 nitrogen and oxygen atoms in total. The van der Waals surface area contributed by atoms with Gasteiger partial charge >= 0.3 is 0 Å². The van der Waals surface area contributed by atoms with Crippen molar-refractivity contribution < 1.29 is 8.81 Å². The maximum Gasteiger partial charge on any atom is 0.226 e. The Hall–Kier alpha value is -1.72. The van der Waals surface area contributed by atoms with E-state index in [0.29, 0.717) is 18.0 Å². The van der Waals surface area contributed by atoms with Crippen LogP contribution >= 0.6 is 0 Å². The molecule has 2 saturated heterocycles. The molecule has 0 amide bonds. The zero-order valence-electron chi connectivity index (χ0n) is 12.5. The third kappa shape index (κ3) is 2.91. The first-order valence-electron chi connectivity index (χ1n) is 7.95. The highest BCUT2D eigenvalue weighted by atomic mass is 19.1. The summed E-state index contributed by atoms with van der Waals surface area (Å²) in [5.74, 6) is 0.312. The lowest BCUT2D eigenvalue weighted by Gasteiger charge is -2.22. The molecule has 5 heteroatoms. The Bertz CT molecular complexity index is 640. The van der Waals surface area contributed by atoms with E-state index in [1.165, 1.54) is 31.4 Å². The Morgan fingerprint density at radius 2 is 2.00 bits per heavy atom. The molecule has 0 saturated carbocycles. The van der Waals surface area contributed by atoms with Crippen molar-refractivity contribution in [2.24, 2.45) is 0 Å². The predicted octanol–water partition coefficient (Wildman–Crippen LogP) is 2.81. The Kier molecular flexibility index (Phi) is 3.68. The summed E-state index contributed by atoms with van der Waals surface area (Å²) >= 11 is 0. The van der Waals surface area contributed by atoms with Gasteiger partial charge in [-0.3, -0.25) is 4.90 Å². The lowest BCUT2D eigenvalue weighted by atomic mass is 10.1. The minimum absolute atomic E-state index is 0.248. The summed E-state index contributed by atoms with van der Waals surface area (Å²) in [4.78, 5) is 6.99. The van der Waals surface area contributed by atoms with Crippen molar-refractivity contribution in [3.8, 4) is 11.5 Å². The molecule has 2 bridgehead atoms. The number of fused-ring (bicyclic) bond motifs is 2. The Labute approximate surface area is 129 Å². The number of benzene rings is 1. The Balaban J connectivity index is 1.44. The quantitative estimate of drug-likeness (QED) is 0.946. The molecule has 1 N–H and O–H groups in total. The van der Waals surface area contributed by atoms with Crippen LogP contribution in [0.5, 0.6) is 0 Å². The summed E-state index contributed by atoms with van der Waals surface area (Å²) in [5, 5.41) is 3.68. The third-order valence-corrected chi connectivity index (χ3v) is 4.64. The van der Waals surface area contributed by atoms with Gasteiger partial charge in [-0.1, -0.05) is 0 Å². The van der Waals surface area contributed by atoms with Crippen LogP contribution in [0, 0.1) is 5.82 Å². The number of hydrogen-bond acceptors (Lipinski definition) is 4. The van der Waals surface area contributed by atoms with Crippen molar-refractivity contribution in [1.29, 1.82) is 0 Å². The second-order valence-corrected chi connectivity index (χ2v) is 6.31. The minimum atomic E-state index is -0.248. The van der Waals surface area contributed by atoms with Crippen molar-refractivity contribution in [3.05, 3.63) is 42.0 Å². The second-order valence-electron chi connectivity index (χ2n) is 6.31. The van der Waals surface area contributed by atoms with E-state index in [9.17, 15) is 4.39 Å². The minimum Gasteiger partial charge on any atom is -0.444 e. The van der Waals surface area contributed by atoms with Crippen LogP contribution in [0.3, 0.4) is 0 Å². The molecule has 0 aliphatic carbocycles. The van der Waals surface area contributed by atoms with Crippen LogP contribution in [-0.4, -0.2) is 35.1 Å². The van der Waals surface area contributed by atoms with Gasteiger partial charge in [0, 0.05) is 37.3 Å². The summed E-state index contributed by atoms with van der Waals surface area (Å²) in [7, 11) is 0. The van der Waals surface area contributed by atoms with Crippen LogP contribution in [0.15, 0.2) is 34.9 Å². The molecule has 116 valence electrons.